The van der Waals surface area contributed by atoms with Crippen LogP contribution in [0.1, 0.15) is 17.7 Å². The number of hydrogen-bond acceptors (Lipinski definition) is 4. The molecule has 1 fully saturated rings. The molecule has 1 unspecified atom stereocenters. The van der Waals surface area contributed by atoms with E-state index in [0.29, 0.717) is 18.2 Å². The van der Waals surface area contributed by atoms with Crippen LogP contribution in [-0.4, -0.2) is 37.0 Å². The van der Waals surface area contributed by atoms with Crippen molar-refractivity contribution in [3.63, 3.8) is 0 Å². The number of ether oxygens (including phenoxy) is 1. The topological polar surface area (TPSA) is 41.6 Å². The van der Waals surface area contributed by atoms with Gasteiger partial charge >= 0.3 is 0 Å². The maximum atomic E-state index is 12.3. The van der Waals surface area contributed by atoms with Crippen LogP contribution in [0.2, 0.25) is 0 Å². The summed E-state index contributed by atoms with van der Waals surface area (Å²) in [6.45, 7) is 3.93. The van der Waals surface area contributed by atoms with Crippen molar-refractivity contribution in [2.24, 2.45) is 5.92 Å². The molecular weight excluding hydrogens is 448 g/mol. The highest BCUT2D eigenvalue weighted by Gasteiger charge is 2.21. The van der Waals surface area contributed by atoms with E-state index < -0.39 is 0 Å². The lowest BCUT2D eigenvalue weighted by Crippen LogP contribution is -2.41. The van der Waals surface area contributed by atoms with E-state index in [1.807, 2.05) is 41.7 Å². The van der Waals surface area contributed by atoms with Gasteiger partial charge in [0.05, 0.1) is 4.47 Å². The van der Waals surface area contributed by atoms with Crippen molar-refractivity contribution in [3.8, 4) is 5.75 Å². The van der Waals surface area contributed by atoms with Crippen molar-refractivity contribution in [1.82, 2.24) is 10.2 Å². The largest absolute Gasteiger partial charge is 0.483 e. The summed E-state index contributed by atoms with van der Waals surface area (Å²) >= 11 is 5.41. The highest BCUT2D eigenvalue weighted by Crippen LogP contribution is 2.33. The van der Waals surface area contributed by atoms with Gasteiger partial charge in [-0.1, -0.05) is 36.4 Å². The van der Waals surface area contributed by atoms with Crippen LogP contribution in [0.5, 0.6) is 5.75 Å². The normalized spacial score (nSPS) is 17.3. The number of amides is 1. The highest BCUT2D eigenvalue weighted by atomic mass is 79.9. The van der Waals surface area contributed by atoms with Gasteiger partial charge in [0.2, 0.25) is 0 Å². The lowest BCUT2D eigenvalue weighted by Gasteiger charge is -2.32. The van der Waals surface area contributed by atoms with E-state index in [9.17, 15) is 4.79 Å². The average molecular weight is 473 g/mol. The van der Waals surface area contributed by atoms with E-state index in [2.05, 4.69) is 49.7 Å². The molecule has 0 bridgehead atoms. The Morgan fingerprint density at radius 2 is 2.10 bits per heavy atom. The molecule has 3 aromatic rings. The van der Waals surface area contributed by atoms with Gasteiger partial charge in [0.1, 0.15) is 5.75 Å². The summed E-state index contributed by atoms with van der Waals surface area (Å²) in [7, 11) is 0. The molecular formula is C23H25BrN2O2S. The zero-order chi connectivity index (χ0) is 20.1. The molecule has 1 N–H and O–H groups in total. The fraction of sp³-hybridized carbons (Fsp3) is 0.348. The van der Waals surface area contributed by atoms with Gasteiger partial charge in [-0.15, -0.1) is 11.3 Å². The van der Waals surface area contributed by atoms with E-state index in [1.54, 1.807) is 0 Å². The first kappa shape index (κ1) is 20.4. The minimum Gasteiger partial charge on any atom is -0.483 e. The minimum atomic E-state index is -0.0690. The van der Waals surface area contributed by atoms with Crippen molar-refractivity contribution in [2.75, 3.05) is 26.2 Å². The lowest BCUT2D eigenvalue weighted by atomic mass is 9.98. The van der Waals surface area contributed by atoms with E-state index in [0.717, 1.165) is 41.3 Å². The number of carbonyl (C=O) groups excluding carboxylic acids is 1. The Hall–Kier alpha value is -1.89. The number of thiophene rings is 1. The van der Waals surface area contributed by atoms with Crippen LogP contribution in [0.4, 0.5) is 0 Å². The molecule has 2 aromatic carbocycles. The third-order valence-corrected chi connectivity index (χ3v) is 7.02. The van der Waals surface area contributed by atoms with Crippen molar-refractivity contribution < 1.29 is 9.53 Å². The smallest absolute Gasteiger partial charge is 0.257 e. The number of likely N-dealkylation sites (tertiary alicyclic amines) is 1. The fourth-order valence-corrected chi connectivity index (χ4v) is 5.22. The summed E-state index contributed by atoms with van der Waals surface area (Å²) in [5.41, 5.74) is 0. The van der Waals surface area contributed by atoms with Crippen LogP contribution in [0.3, 0.4) is 0 Å². The number of nitrogens with one attached hydrogen (secondary N) is 1. The van der Waals surface area contributed by atoms with Gasteiger partial charge in [0, 0.05) is 24.5 Å². The number of hydrogen-bond donors (Lipinski definition) is 1. The fourth-order valence-electron chi connectivity index (χ4n) is 3.86. The number of benzene rings is 2. The zero-order valence-electron chi connectivity index (χ0n) is 16.3. The molecule has 152 valence electrons. The summed E-state index contributed by atoms with van der Waals surface area (Å²) in [6.07, 6.45) is 2.35. The third kappa shape index (κ3) is 5.38. The average Bonchev–Trinajstić information content (AvgIpc) is 3.25. The van der Waals surface area contributed by atoms with Crippen molar-refractivity contribution in [3.05, 3.63) is 63.3 Å². The molecule has 1 aliphatic heterocycles. The van der Waals surface area contributed by atoms with Gasteiger partial charge < -0.3 is 10.1 Å². The Morgan fingerprint density at radius 1 is 1.21 bits per heavy atom. The summed E-state index contributed by atoms with van der Waals surface area (Å²) in [6, 6.07) is 16.3. The van der Waals surface area contributed by atoms with E-state index in [-0.39, 0.29) is 12.5 Å². The number of piperidine rings is 1. The molecule has 4 nitrogen and oxygen atoms in total. The van der Waals surface area contributed by atoms with Gasteiger partial charge in [0.15, 0.2) is 6.61 Å². The summed E-state index contributed by atoms with van der Waals surface area (Å²) in [5, 5.41) is 7.41. The molecule has 1 aromatic heterocycles. The van der Waals surface area contributed by atoms with Crippen LogP contribution >= 0.6 is 27.3 Å². The second-order valence-electron chi connectivity index (χ2n) is 7.51. The van der Waals surface area contributed by atoms with Crippen LogP contribution in [0.25, 0.3) is 10.8 Å². The van der Waals surface area contributed by atoms with E-state index >= 15 is 0 Å². The number of nitrogens with zero attached hydrogens (tertiary/aromatic N) is 1. The number of halogens is 1. The SMILES string of the molecule is O=C(COc1ccc2ccccc2c1Br)NCC1CCCN(Cc2cccs2)C1. The summed E-state index contributed by atoms with van der Waals surface area (Å²) in [4.78, 5) is 16.2. The molecule has 0 saturated carbocycles. The molecule has 1 saturated heterocycles. The Labute approximate surface area is 184 Å². The minimum absolute atomic E-state index is 0.0303. The Morgan fingerprint density at radius 3 is 2.97 bits per heavy atom. The van der Waals surface area contributed by atoms with Gasteiger partial charge in [0.25, 0.3) is 5.91 Å². The second-order valence-corrected chi connectivity index (χ2v) is 9.34. The number of rotatable bonds is 7. The standard InChI is InChI=1S/C23H25BrN2O2S/c24-23-20-8-2-1-6-18(20)9-10-21(23)28-16-22(27)25-13-17-5-3-11-26(14-17)15-19-7-4-12-29-19/h1-2,4,6-10,12,17H,3,5,11,13-16H2,(H,25,27). The van der Waals surface area contributed by atoms with Crippen LogP contribution in [0, 0.1) is 5.92 Å². The summed E-state index contributed by atoms with van der Waals surface area (Å²) < 4.78 is 6.66. The first-order valence-corrected chi connectivity index (χ1v) is 11.7. The molecule has 1 atom stereocenters. The monoisotopic (exact) mass is 472 g/mol. The molecule has 1 aliphatic rings. The Balaban J connectivity index is 1.24. The highest BCUT2D eigenvalue weighted by molar-refractivity contribution is 9.10. The first-order valence-electron chi connectivity index (χ1n) is 10.0. The van der Waals surface area contributed by atoms with Gasteiger partial charge in [-0.05, 0) is 69.5 Å². The van der Waals surface area contributed by atoms with Crippen molar-refractivity contribution >= 4 is 43.9 Å². The molecule has 6 heteroatoms. The van der Waals surface area contributed by atoms with Gasteiger partial charge in [-0.3, -0.25) is 9.69 Å². The van der Waals surface area contributed by atoms with E-state index in [1.165, 1.54) is 11.3 Å². The predicted octanol–water partition coefficient (Wildman–Crippen LogP) is 5.07. The summed E-state index contributed by atoms with van der Waals surface area (Å²) in [5.74, 6) is 1.12. The van der Waals surface area contributed by atoms with Gasteiger partial charge in [-0.25, -0.2) is 0 Å². The molecule has 1 amide bonds. The quantitative estimate of drug-likeness (QED) is 0.521. The third-order valence-electron chi connectivity index (χ3n) is 5.34. The zero-order valence-corrected chi connectivity index (χ0v) is 18.7. The lowest BCUT2D eigenvalue weighted by molar-refractivity contribution is -0.123. The molecule has 0 radical (unpaired) electrons. The van der Waals surface area contributed by atoms with Crippen LogP contribution in [-0.2, 0) is 11.3 Å². The van der Waals surface area contributed by atoms with Crippen LogP contribution < -0.4 is 10.1 Å². The van der Waals surface area contributed by atoms with Crippen molar-refractivity contribution in [2.45, 2.75) is 19.4 Å². The molecule has 4 rings (SSSR count). The molecule has 2 heterocycles. The van der Waals surface area contributed by atoms with Gasteiger partial charge in [-0.2, -0.15) is 0 Å². The Kier molecular flexibility index (Phi) is 6.85. The maximum absolute atomic E-state index is 12.3. The van der Waals surface area contributed by atoms with Crippen molar-refractivity contribution in [1.29, 1.82) is 0 Å². The molecule has 0 aliphatic carbocycles. The maximum Gasteiger partial charge on any atom is 0.257 e. The molecule has 29 heavy (non-hydrogen) atoms. The number of fused-ring (bicyclic) bond motifs is 1. The first-order chi connectivity index (χ1) is 14.2. The molecule has 0 spiro atoms. The number of carbonyl (C=O) groups is 1. The van der Waals surface area contributed by atoms with Crippen LogP contribution in [0.15, 0.2) is 58.4 Å². The Bertz CT molecular complexity index is 961. The van der Waals surface area contributed by atoms with E-state index in [4.69, 9.17) is 4.74 Å². The second kappa shape index (κ2) is 9.74. The predicted molar refractivity (Wildman–Crippen MR) is 122 cm³/mol.